The Hall–Kier alpha value is -3.15. The summed E-state index contributed by atoms with van der Waals surface area (Å²) in [5, 5.41) is 22.1. The molecule has 3 atom stereocenters. The zero-order chi connectivity index (χ0) is 32.0. The average molecular weight is 688 g/mol. The third-order valence-corrected chi connectivity index (χ3v) is 8.83. The molecule has 0 aliphatic carbocycles. The van der Waals surface area contributed by atoms with Gasteiger partial charge in [0.15, 0.2) is 6.29 Å². The van der Waals surface area contributed by atoms with Gasteiger partial charge in [-0.05, 0) is 46.0 Å². The van der Waals surface area contributed by atoms with Gasteiger partial charge in [-0.3, -0.25) is 4.79 Å². The number of pyridine rings is 1. The molecule has 3 N–H and O–H groups in total. The number of rotatable bonds is 10. The molecule has 5 rings (SSSR count). The van der Waals surface area contributed by atoms with Crippen molar-refractivity contribution in [2.45, 2.75) is 46.9 Å². The molecule has 0 saturated carbocycles. The third kappa shape index (κ3) is 8.77. The third-order valence-electron chi connectivity index (χ3n) is 7.18. The van der Waals surface area contributed by atoms with Gasteiger partial charge in [-0.2, -0.15) is 0 Å². The fourth-order valence-corrected chi connectivity index (χ4v) is 6.04. The van der Waals surface area contributed by atoms with Gasteiger partial charge in [0.25, 0.3) is 9.70 Å². The number of carbonyl (C=O) groups is 2. The second kappa shape index (κ2) is 15.0. The standard InChI is InChI=1S/C33H29Cl3N2O6S/c34-33(35,36)32(42)38-17-21-3-1-4-25(15-21)22-10-12-24(13-11-22)31-43-26(19-45-29-27(30(40)41)5-2-14-37-29)16-28(44-31)23-8-6-20(18-39)7-9-23/h1-15,26,28,31,39H,16-19H2,(H,38,42)(H,40,41). The van der Waals surface area contributed by atoms with Gasteiger partial charge in [-0.1, -0.05) is 102 Å². The van der Waals surface area contributed by atoms with Crippen LogP contribution in [0.1, 0.15) is 51.4 Å². The van der Waals surface area contributed by atoms with Crippen molar-refractivity contribution in [3.8, 4) is 11.1 Å². The van der Waals surface area contributed by atoms with Crippen LogP contribution in [-0.4, -0.2) is 42.7 Å². The van der Waals surface area contributed by atoms with Gasteiger partial charge >= 0.3 is 5.97 Å². The smallest absolute Gasteiger partial charge is 0.338 e. The molecule has 1 aliphatic heterocycles. The molecule has 3 aromatic carbocycles. The Balaban J connectivity index is 1.33. The number of ether oxygens (including phenoxy) is 2. The topological polar surface area (TPSA) is 118 Å². The van der Waals surface area contributed by atoms with Crippen molar-refractivity contribution < 1.29 is 29.3 Å². The number of carbonyl (C=O) groups excluding carboxylic acids is 1. The Labute approximate surface area is 279 Å². The van der Waals surface area contributed by atoms with Crippen molar-refractivity contribution in [3.63, 3.8) is 0 Å². The summed E-state index contributed by atoms with van der Waals surface area (Å²) in [5.41, 5.74) is 5.45. The number of aromatic carboxylic acids is 1. The second-order valence-electron chi connectivity index (χ2n) is 10.3. The van der Waals surface area contributed by atoms with Crippen LogP contribution >= 0.6 is 46.6 Å². The van der Waals surface area contributed by atoms with E-state index >= 15 is 0 Å². The van der Waals surface area contributed by atoms with E-state index in [0.29, 0.717) is 17.2 Å². The number of halogens is 3. The predicted molar refractivity (Wildman–Crippen MR) is 174 cm³/mol. The zero-order valence-corrected chi connectivity index (χ0v) is 26.8. The lowest BCUT2D eigenvalue weighted by molar-refractivity contribution is -0.245. The SMILES string of the molecule is O=C(O)c1cccnc1SCC1CC(c2ccc(CO)cc2)OC(c2ccc(-c3cccc(CNC(=O)C(Cl)(Cl)Cl)c3)cc2)O1. The molecular weight excluding hydrogens is 659 g/mol. The van der Waals surface area contributed by atoms with Gasteiger partial charge in [0.05, 0.1) is 24.4 Å². The monoisotopic (exact) mass is 686 g/mol. The number of aliphatic hydroxyl groups excluding tert-OH is 1. The van der Waals surface area contributed by atoms with E-state index in [1.54, 1.807) is 12.3 Å². The lowest BCUT2D eigenvalue weighted by Crippen LogP contribution is -2.33. The van der Waals surface area contributed by atoms with E-state index in [0.717, 1.165) is 33.4 Å². The minimum absolute atomic E-state index is 0.0500. The molecule has 3 unspecified atom stereocenters. The van der Waals surface area contributed by atoms with Gasteiger partial charge in [0, 0.05) is 30.5 Å². The minimum Gasteiger partial charge on any atom is -0.478 e. The highest BCUT2D eigenvalue weighted by Crippen LogP contribution is 2.40. The van der Waals surface area contributed by atoms with Crippen molar-refractivity contribution in [2.75, 3.05) is 5.75 Å². The first kappa shape index (κ1) is 33.2. The summed E-state index contributed by atoms with van der Waals surface area (Å²) in [6.07, 6.45) is 0.900. The van der Waals surface area contributed by atoms with Gasteiger partial charge in [-0.25, -0.2) is 9.78 Å². The Morgan fingerprint density at radius 2 is 1.64 bits per heavy atom. The van der Waals surface area contributed by atoms with Crippen LogP contribution in [0.4, 0.5) is 0 Å². The average Bonchev–Trinajstić information content (AvgIpc) is 3.06. The Morgan fingerprint density at radius 3 is 2.33 bits per heavy atom. The highest BCUT2D eigenvalue weighted by molar-refractivity contribution is 7.99. The fraction of sp³-hybridized carbons (Fsp3) is 0.242. The van der Waals surface area contributed by atoms with Gasteiger partial charge in [0.2, 0.25) is 0 Å². The molecule has 2 heterocycles. The number of carboxylic acids is 1. The first-order valence-corrected chi connectivity index (χ1v) is 16.1. The van der Waals surface area contributed by atoms with Crippen LogP contribution in [0.2, 0.25) is 0 Å². The number of nitrogens with one attached hydrogen (secondary N) is 1. The summed E-state index contributed by atoms with van der Waals surface area (Å²) < 4.78 is 10.8. The maximum Gasteiger partial charge on any atom is 0.338 e. The number of aromatic nitrogens is 1. The number of nitrogens with zero attached hydrogens (tertiary/aromatic N) is 1. The van der Waals surface area contributed by atoms with Gasteiger partial charge in [0.1, 0.15) is 5.03 Å². The Kier molecular flexibility index (Phi) is 11.0. The number of benzene rings is 3. The van der Waals surface area contributed by atoms with E-state index < -0.39 is 22.0 Å². The maximum atomic E-state index is 11.9. The lowest BCUT2D eigenvalue weighted by Gasteiger charge is -2.36. The number of hydrogen-bond acceptors (Lipinski definition) is 7. The normalized spacial score (nSPS) is 18.4. The van der Waals surface area contributed by atoms with Crippen LogP contribution in [-0.2, 0) is 27.4 Å². The van der Waals surface area contributed by atoms with Gasteiger partial charge < -0.3 is 25.0 Å². The van der Waals surface area contributed by atoms with Crippen molar-refractivity contribution in [1.29, 1.82) is 0 Å². The van der Waals surface area contributed by atoms with Crippen molar-refractivity contribution >= 4 is 58.4 Å². The summed E-state index contributed by atoms with van der Waals surface area (Å²) in [5.74, 6) is -1.25. The summed E-state index contributed by atoms with van der Waals surface area (Å²) in [6.45, 7) is 0.153. The summed E-state index contributed by atoms with van der Waals surface area (Å²) in [4.78, 5) is 27.9. The number of aliphatic hydroxyl groups is 1. The van der Waals surface area contributed by atoms with Crippen LogP contribution in [0.3, 0.4) is 0 Å². The molecule has 1 aromatic heterocycles. The largest absolute Gasteiger partial charge is 0.478 e. The van der Waals surface area contributed by atoms with Crippen LogP contribution in [0.5, 0.6) is 0 Å². The number of alkyl halides is 3. The maximum absolute atomic E-state index is 11.9. The summed E-state index contributed by atoms with van der Waals surface area (Å²) >= 11 is 18.3. The van der Waals surface area contributed by atoms with E-state index in [-0.39, 0.29) is 30.9 Å². The van der Waals surface area contributed by atoms with Crippen molar-refractivity contribution in [3.05, 3.63) is 119 Å². The first-order valence-electron chi connectivity index (χ1n) is 14.0. The number of amides is 1. The van der Waals surface area contributed by atoms with E-state index in [1.165, 1.54) is 17.8 Å². The molecule has 8 nitrogen and oxygen atoms in total. The van der Waals surface area contributed by atoms with Crippen LogP contribution < -0.4 is 5.32 Å². The van der Waals surface area contributed by atoms with Crippen LogP contribution in [0.15, 0.2) is 96.2 Å². The van der Waals surface area contributed by atoms with Gasteiger partial charge in [-0.15, -0.1) is 11.8 Å². The Morgan fingerprint density at radius 1 is 0.911 bits per heavy atom. The van der Waals surface area contributed by atoms with E-state index in [9.17, 15) is 19.8 Å². The molecule has 0 bridgehead atoms. The van der Waals surface area contributed by atoms with Crippen molar-refractivity contribution in [1.82, 2.24) is 10.3 Å². The molecule has 1 aliphatic rings. The molecule has 12 heteroatoms. The molecule has 0 spiro atoms. The summed E-state index contributed by atoms with van der Waals surface area (Å²) in [6, 6.07) is 26.3. The Bertz CT molecular complexity index is 1630. The number of carboxylic acid groups (broad SMARTS) is 1. The van der Waals surface area contributed by atoms with E-state index in [1.807, 2.05) is 72.8 Å². The first-order chi connectivity index (χ1) is 21.6. The predicted octanol–water partition coefficient (Wildman–Crippen LogP) is 7.26. The highest BCUT2D eigenvalue weighted by atomic mass is 35.6. The minimum atomic E-state index is -2.03. The quantitative estimate of drug-likeness (QED) is 0.118. The molecule has 234 valence electrons. The van der Waals surface area contributed by atoms with Crippen molar-refractivity contribution in [2.24, 2.45) is 0 Å². The molecule has 0 radical (unpaired) electrons. The molecular formula is C33H29Cl3N2O6S. The lowest BCUT2D eigenvalue weighted by atomic mass is 9.99. The summed E-state index contributed by atoms with van der Waals surface area (Å²) in [7, 11) is 0. The molecule has 45 heavy (non-hydrogen) atoms. The number of hydrogen-bond donors (Lipinski definition) is 3. The molecule has 1 amide bonds. The zero-order valence-electron chi connectivity index (χ0n) is 23.7. The second-order valence-corrected chi connectivity index (χ2v) is 13.6. The molecule has 1 saturated heterocycles. The van der Waals surface area contributed by atoms with Crippen LogP contribution in [0, 0.1) is 0 Å². The highest BCUT2D eigenvalue weighted by Gasteiger charge is 2.33. The molecule has 4 aromatic rings. The fourth-order valence-electron chi connectivity index (χ4n) is 4.84. The van der Waals surface area contributed by atoms with Crippen LogP contribution in [0.25, 0.3) is 11.1 Å². The number of thioether (sulfide) groups is 1. The van der Waals surface area contributed by atoms with E-state index in [2.05, 4.69) is 10.3 Å². The van der Waals surface area contributed by atoms with E-state index in [4.69, 9.17) is 44.3 Å². The molecule has 1 fully saturated rings.